The van der Waals surface area contributed by atoms with Gasteiger partial charge < -0.3 is 9.32 Å². The second-order valence-corrected chi connectivity index (χ2v) is 11.8. The third-order valence-electron chi connectivity index (χ3n) is 6.25. The SMILES string of the molecule is CCN(CC)c1ccc2cc(-c3nc4c(C(C)(C)C)cc(C(C)(C)C)cc4s3)c(=O)oc2c1. The lowest BCUT2D eigenvalue weighted by atomic mass is 9.80. The molecule has 4 rings (SSSR count). The van der Waals surface area contributed by atoms with Crippen molar-refractivity contribution in [2.75, 3.05) is 18.0 Å². The molecule has 0 saturated carbocycles. The number of rotatable bonds is 4. The molecule has 0 spiro atoms. The Hall–Kier alpha value is -2.66. The predicted molar refractivity (Wildman–Crippen MR) is 142 cm³/mol. The second kappa shape index (κ2) is 8.28. The zero-order chi connectivity index (χ0) is 24.1. The van der Waals surface area contributed by atoms with Gasteiger partial charge in [-0.1, -0.05) is 47.6 Å². The first kappa shape index (κ1) is 23.5. The zero-order valence-corrected chi connectivity index (χ0v) is 21.8. The molecule has 0 N–H and O–H groups in total. The quantitative estimate of drug-likeness (QED) is 0.294. The van der Waals surface area contributed by atoms with Crippen molar-refractivity contribution in [3.8, 4) is 10.6 Å². The Labute approximate surface area is 200 Å². The van der Waals surface area contributed by atoms with Crippen LogP contribution >= 0.6 is 11.3 Å². The Bertz CT molecular complexity index is 1380. The van der Waals surface area contributed by atoms with Crippen LogP contribution in [0, 0.1) is 0 Å². The number of anilines is 1. The molecule has 2 aromatic carbocycles. The van der Waals surface area contributed by atoms with E-state index in [1.807, 2.05) is 18.2 Å². The van der Waals surface area contributed by atoms with Gasteiger partial charge in [-0.25, -0.2) is 9.78 Å². The molecule has 0 aliphatic rings. The summed E-state index contributed by atoms with van der Waals surface area (Å²) < 4.78 is 6.89. The first-order valence-electron chi connectivity index (χ1n) is 11.7. The lowest BCUT2D eigenvalue weighted by Gasteiger charge is -2.25. The maximum atomic E-state index is 13.0. The normalized spacial score (nSPS) is 12.6. The van der Waals surface area contributed by atoms with E-state index in [1.165, 1.54) is 11.1 Å². The summed E-state index contributed by atoms with van der Waals surface area (Å²) >= 11 is 1.57. The summed E-state index contributed by atoms with van der Waals surface area (Å²) in [5, 5.41) is 1.62. The monoisotopic (exact) mass is 462 g/mol. The third-order valence-corrected chi connectivity index (χ3v) is 7.28. The number of aromatic nitrogens is 1. The van der Waals surface area contributed by atoms with E-state index in [9.17, 15) is 4.79 Å². The summed E-state index contributed by atoms with van der Waals surface area (Å²) in [4.78, 5) is 20.2. The smallest absolute Gasteiger partial charge is 0.346 e. The minimum atomic E-state index is -0.341. The molecule has 2 aromatic heterocycles. The van der Waals surface area contributed by atoms with Crippen LogP contribution < -0.4 is 10.5 Å². The minimum absolute atomic E-state index is 0.0306. The summed E-state index contributed by atoms with van der Waals surface area (Å²) in [6, 6.07) is 12.5. The van der Waals surface area contributed by atoms with Crippen LogP contribution in [0.15, 0.2) is 45.6 Å². The van der Waals surface area contributed by atoms with Gasteiger partial charge in [0, 0.05) is 30.2 Å². The third kappa shape index (κ3) is 4.43. The second-order valence-electron chi connectivity index (χ2n) is 10.7. The van der Waals surface area contributed by atoms with Crippen molar-refractivity contribution in [1.82, 2.24) is 4.98 Å². The summed E-state index contributed by atoms with van der Waals surface area (Å²) in [6.07, 6.45) is 0. The number of nitrogens with zero attached hydrogens (tertiary/aromatic N) is 2. The fraction of sp³-hybridized carbons (Fsp3) is 0.429. The van der Waals surface area contributed by atoms with Gasteiger partial charge in [-0.2, -0.15) is 0 Å². The first-order chi connectivity index (χ1) is 15.4. The average molecular weight is 463 g/mol. The molecule has 0 aliphatic carbocycles. The molecule has 0 bridgehead atoms. The number of hydrogen-bond donors (Lipinski definition) is 0. The van der Waals surface area contributed by atoms with Gasteiger partial charge in [-0.3, -0.25) is 0 Å². The highest BCUT2D eigenvalue weighted by molar-refractivity contribution is 7.21. The summed E-state index contributed by atoms with van der Waals surface area (Å²) in [5.41, 5.74) is 5.30. The molecule has 5 heteroatoms. The van der Waals surface area contributed by atoms with Crippen LogP contribution in [0.2, 0.25) is 0 Å². The molecule has 174 valence electrons. The zero-order valence-electron chi connectivity index (χ0n) is 21.0. The Morgan fingerprint density at radius 1 is 0.939 bits per heavy atom. The van der Waals surface area contributed by atoms with E-state index in [2.05, 4.69) is 78.5 Å². The number of benzene rings is 2. The lowest BCUT2D eigenvalue weighted by Crippen LogP contribution is -2.21. The largest absolute Gasteiger partial charge is 0.422 e. The Morgan fingerprint density at radius 2 is 1.64 bits per heavy atom. The van der Waals surface area contributed by atoms with E-state index in [0.717, 1.165) is 34.4 Å². The Balaban J connectivity index is 1.89. The molecule has 0 radical (unpaired) electrons. The van der Waals surface area contributed by atoms with Gasteiger partial charge in [0.05, 0.1) is 15.8 Å². The van der Waals surface area contributed by atoms with Crippen molar-refractivity contribution in [1.29, 1.82) is 0 Å². The van der Waals surface area contributed by atoms with E-state index in [4.69, 9.17) is 9.40 Å². The van der Waals surface area contributed by atoms with E-state index in [-0.39, 0.29) is 16.5 Å². The molecule has 0 saturated heterocycles. The molecule has 0 atom stereocenters. The van der Waals surface area contributed by atoms with Crippen LogP contribution in [0.4, 0.5) is 5.69 Å². The van der Waals surface area contributed by atoms with Crippen LogP contribution in [0.1, 0.15) is 66.5 Å². The predicted octanol–water partition coefficient (Wildman–Crippen LogP) is 7.51. The Kier molecular flexibility index (Phi) is 5.90. The molecular weight excluding hydrogens is 428 g/mol. The number of thiazole rings is 1. The molecule has 4 aromatic rings. The van der Waals surface area contributed by atoms with Crippen molar-refractivity contribution in [2.24, 2.45) is 0 Å². The highest BCUT2D eigenvalue weighted by Gasteiger charge is 2.25. The molecule has 0 fully saturated rings. The maximum absolute atomic E-state index is 13.0. The van der Waals surface area contributed by atoms with Crippen LogP contribution in [-0.2, 0) is 10.8 Å². The maximum Gasteiger partial charge on any atom is 0.346 e. The fourth-order valence-electron chi connectivity index (χ4n) is 4.18. The van der Waals surface area contributed by atoms with Crippen molar-refractivity contribution in [2.45, 2.75) is 66.2 Å². The van der Waals surface area contributed by atoms with Gasteiger partial charge in [0.2, 0.25) is 0 Å². The molecule has 0 aliphatic heterocycles. The van der Waals surface area contributed by atoms with E-state index < -0.39 is 0 Å². The van der Waals surface area contributed by atoms with Gasteiger partial charge in [-0.05, 0) is 60.1 Å². The van der Waals surface area contributed by atoms with Gasteiger partial charge in [0.25, 0.3) is 0 Å². The molecular formula is C28H34N2O2S. The van der Waals surface area contributed by atoms with E-state index in [0.29, 0.717) is 16.2 Å². The molecule has 33 heavy (non-hydrogen) atoms. The average Bonchev–Trinajstić information content (AvgIpc) is 3.15. The highest BCUT2D eigenvalue weighted by Crippen LogP contribution is 2.39. The molecule has 2 heterocycles. The van der Waals surface area contributed by atoms with E-state index >= 15 is 0 Å². The Morgan fingerprint density at radius 3 is 2.24 bits per heavy atom. The van der Waals surface area contributed by atoms with Gasteiger partial charge >= 0.3 is 5.63 Å². The van der Waals surface area contributed by atoms with Crippen molar-refractivity contribution in [3.63, 3.8) is 0 Å². The van der Waals surface area contributed by atoms with Crippen LogP contribution in [0.25, 0.3) is 31.8 Å². The minimum Gasteiger partial charge on any atom is -0.422 e. The summed E-state index contributed by atoms with van der Waals surface area (Å²) in [6.45, 7) is 19.4. The van der Waals surface area contributed by atoms with Crippen LogP contribution in [0.3, 0.4) is 0 Å². The van der Waals surface area contributed by atoms with E-state index in [1.54, 1.807) is 11.3 Å². The lowest BCUT2D eigenvalue weighted by molar-refractivity contribution is 0.563. The summed E-state index contributed by atoms with van der Waals surface area (Å²) in [7, 11) is 0. The van der Waals surface area contributed by atoms with Gasteiger partial charge in [-0.15, -0.1) is 11.3 Å². The van der Waals surface area contributed by atoms with Crippen molar-refractivity contribution in [3.05, 3.63) is 57.9 Å². The highest BCUT2D eigenvalue weighted by atomic mass is 32.1. The van der Waals surface area contributed by atoms with Crippen LogP contribution in [-0.4, -0.2) is 18.1 Å². The summed E-state index contributed by atoms with van der Waals surface area (Å²) in [5.74, 6) is 0. The van der Waals surface area contributed by atoms with Crippen molar-refractivity contribution >= 4 is 38.2 Å². The molecule has 0 unspecified atom stereocenters. The fourth-order valence-corrected chi connectivity index (χ4v) is 5.22. The van der Waals surface area contributed by atoms with Crippen LogP contribution in [0.5, 0.6) is 0 Å². The standard InChI is InChI=1S/C28H34N2O2S/c1-9-30(10-2)19-12-11-17-13-20(26(31)32-22(17)16-19)25-29-24-21(28(6,7)8)14-18(27(3,4)5)15-23(24)33-25/h11-16H,9-10H2,1-8H3. The molecule has 0 amide bonds. The van der Waals surface area contributed by atoms with Gasteiger partial charge in [0.1, 0.15) is 10.6 Å². The molecule has 4 nitrogen and oxygen atoms in total. The van der Waals surface area contributed by atoms with Crippen molar-refractivity contribution < 1.29 is 4.42 Å². The van der Waals surface area contributed by atoms with Gasteiger partial charge in [0.15, 0.2) is 0 Å². The number of fused-ring (bicyclic) bond motifs is 2. The topological polar surface area (TPSA) is 46.3 Å². The number of hydrogen-bond acceptors (Lipinski definition) is 5. The first-order valence-corrected chi connectivity index (χ1v) is 12.5.